The molecule has 4 atom stereocenters. The van der Waals surface area contributed by atoms with E-state index >= 15 is 0 Å². The molecule has 2 heterocycles. The number of alkyl halides is 1. The van der Waals surface area contributed by atoms with Crippen LogP contribution in [0.15, 0.2) is 97.6 Å². The molecule has 39 heavy (non-hydrogen) atoms. The van der Waals surface area contributed by atoms with Crippen molar-refractivity contribution in [2.45, 2.75) is 31.1 Å². The van der Waals surface area contributed by atoms with E-state index in [1.165, 1.54) is 28.1 Å². The van der Waals surface area contributed by atoms with E-state index in [-0.39, 0.29) is 22.4 Å². The van der Waals surface area contributed by atoms with Crippen LogP contribution in [0.5, 0.6) is 11.5 Å². The summed E-state index contributed by atoms with van der Waals surface area (Å²) in [7, 11) is 0. The number of nitrogens with zero attached hydrogens (tertiary/aromatic N) is 1. The van der Waals surface area contributed by atoms with E-state index in [0.29, 0.717) is 11.8 Å². The van der Waals surface area contributed by atoms with Gasteiger partial charge in [-0.25, -0.2) is 0 Å². The molecule has 0 unspecified atom stereocenters. The Kier molecular flexibility index (Phi) is 7.42. The van der Waals surface area contributed by atoms with Crippen molar-refractivity contribution in [1.82, 2.24) is 4.90 Å². The molecule has 2 fully saturated rings. The Balaban J connectivity index is 1.43. The average molecular weight is 554 g/mol. The second kappa shape index (κ2) is 11.1. The lowest BCUT2D eigenvalue weighted by atomic mass is 9.79. The van der Waals surface area contributed by atoms with Crippen LogP contribution in [0.2, 0.25) is 0 Å². The van der Waals surface area contributed by atoms with Gasteiger partial charge in [-0.3, -0.25) is 4.79 Å². The molecule has 0 bridgehead atoms. The van der Waals surface area contributed by atoms with Gasteiger partial charge in [0.1, 0.15) is 11.5 Å². The highest BCUT2D eigenvalue weighted by molar-refractivity contribution is 8.14. The summed E-state index contributed by atoms with van der Waals surface area (Å²) in [6.45, 7) is 6.92. The van der Waals surface area contributed by atoms with Crippen LogP contribution in [0, 0.1) is 18.8 Å². The van der Waals surface area contributed by atoms with Crippen LogP contribution in [0.4, 0.5) is 4.79 Å². The Bertz CT molecular complexity index is 1520. The van der Waals surface area contributed by atoms with E-state index in [0.717, 1.165) is 47.6 Å². The molecule has 0 N–H and O–H groups in total. The monoisotopic (exact) mass is 553 g/mol. The van der Waals surface area contributed by atoms with Gasteiger partial charge in [0.15, 0.2) is 0 Å². The molecule has 2 aliphatic heterocycles. The molecular formula is C34H32ClNO2S. The molecule has 3 nitrogen and oxygen atoms in total. The van der Waals surface area contributed by atoms with Crippen LogP contribution in [0.25, 0.3) is 21.9 Å². The molecule has 1 amide bonds. The van der Waals surface area contributed by atoms with Crippen LogP contribution in [-0.2, 0) is 0 Å². The second-order valence-electron chi connectivity index (χ2n) is 10.6. The smallest absolute Gasteiger partial charge is 0.282 e. The van der Waals surface area contributed by atoms with Crippen molar-refractivity contribution < 1.29 is 9.53 Å². The third-order valence-electron chi connectivity index (χ3n) is 8.20. The Morgan fingerprint density at radius 1 is 1.03 bits per heavy atom. The molecule has 2 saturated heterocycles. The van der Waals surface area contributed by atoms with Crippen molar-refractivity contribution >= 4 is 39.4 Å². The van der Waals surface area contributed by atoms with Gasteiger partial charge in [-0.1, -0.05) is 78.0 Å². The fourth-order valence-electron chi connectivity index (χ4n) is 6.10. The van der Waals surface area contributed by atoms with E-state index in [4.69, 9.17) is 16.3 Å². The van der Waals surface area contributed by atoms with E-state index in [9.17, 15) is 4.79 Å². The number of halogens is 1. The van der Waals surface area contributed by atoms with E-state index in [1.807, 2.05) is 42.5 Å². The first-order valence-electron chi connectivity index (χ1n) is 13.6. The fraction of sp³-hybridized carbons (Fsp3) is 0.265. The Morgan fingerprint density at radius 3 is 2.62 bits per heavy atom. The number of thioether (sulfide) groups is 1. The summed E-state index contributed by atoms with van der Waals surface area (Å²) >= 11 is 7.77. The molecule has 0 aromatic heterocycles. The second-order valence-corrected chi connectivity index (χ2v) is 12.0. The first-order valence-corrected chi connectivity index (χ1v) is 15.0. The van der Waals surface area contributed by atoms with Crippen molar-refractivity contribution in [2.75, 3.05) is 12.4 Å². The van der Waals surface area contributed by atoms with Crippen LogP contribution < -0.4 is 4.74 Å². The van der Waals surface area contributed by atoms with Gasteiger partial charge >= 0.3 is 0 Å². The maximum Gasteiger partial charge on any atom is 0.282 e. The van der Waals surface area contributed by atoms with E-state index < -0.39 is 0 Å². The van der Waals surface area contributed by atoms with Crippen molar-refractivity contribution in [3.05, 3.63) is 109 Å². The van der Waals surface area contributed by atoms with Gasteiger partial charge < -0.3 is 9.64 Å². The zero-order valence-corrected chi connectivity index (χ0v) is 23.6. The largest absolute Gasteiger partial charge is 0.457 e. The number of hydrogen-bond acceptors (Lipinski definition) is 3. The maximum absolute atomic E-state index is 13.2. The summed E-state index contributed by atoms with van der Waals surface area (Å²) in [5.74, 6) is 2.81. The molecule has 4 aromatic carbocycles. The van der Waals surface area contributed by atoms with E-state index in [2.05, 4.69) is 66.9 Å². The SMILES string of the molecule is C=C[C@@H](CCl)[C@H]1CCN2C(=O)S[C@H](c3cc(Oc4ccccc4)ccc3-c3ccc4cc(C)ccc4c3)[C@@H]2C1. The molecule has 5 heteroatoms. The predicted molar refractivity (Wildman–Crippen MR) is 164 cm³/mol. The third-order valence-corrected chi connectivity index (χ3v) is 9.81. The molecule has 6 rings (SSSR count). The van der Waals surface area contributed by atoms with Crippen LogP contribution in [-0.4, -0.2) is 28.6 Å². The standard InChI is InChI=1S/C34H32ClNO2S/c1-3-23(21-35)26-15-16-36-32(19-26)33(39-34(36)37)31-20-29(38-28-7-5-4-6-8-28)13-14-30(31)27-12-11-24-17-22(2)9-10-25(24)18-27/h3-14,17-18,20,23,26,32-33H,1,15-16,19,21H2,2H3/t23-,26-,32-,33+/m0/s1. The first kappa shape index (κ1) is 26.0. The third kappa shape index (κ3) is 5.20. The number of fused-ring (bicyclic) bond motifs is 2. The van der Waals surface area contributed by atoms with Crippen molar-refractivity contribution in [3.63, 3.8) is 0 Å². The van der Waals surface area contributed by atoms with Gasteiger partial charge in [0.05, 0.1) is 5.25 Å². The van der Waals surface area contributed by atoms with Crippen LogP contribution >= 0.6 is 23.4 Å². The highest BCUT2D eigenvalue weighted by atomic mass is 35.5. The van der Waals surface area contributed by atoms with Gasteiger partial charge in [-0.05, 0) is 89.4 Å². The van der Waals surface area contributed by atoms with Gasteiger partial charge in [0.25, 0.3) is 5.24 Å². The number of benzene rings is 4. The minimum Gasteiger partial charge on any atom is -0.457 e. The predicted octanol–water partition coefficient (Wildman–Crippen LogP) is 9.64. The molecule has 4 aromatic rings. The molecule has 0 spiro atoms. The topological polar surface area (TPSA) is 29.5 Å². The number of para-hydroxylation sites is 1. The van der Waals surface area contributed by atoms with Gasteiger partial charge in [0.2, 0.25) is 0 Å². The van der Waals surface area contributed by atoms with Crippen molar-refractivity contribution in [3.8, 4) is 22.6 Å². The molecule has 198 valence electrons. The summed E-state index contributed by atoms with van der Waals surface area (Å²) < 4.78 is 6.27. The number of ether oxygens (including phenoxy) is 1. The van der Waals surface area contributed by atoms with Crippen LogP contribution in [0.1, 0.15) is 29.2 Å². The number of carbonyl (C=O) groups is 1. The number of allylic oxidation sites excluding steroid dienone is 1. The zero-order chi connectivity index (χ0) is 26.9. The number of amides is 1. The summed E-state index contributed by atoms with van der Waals surface area (Å²) in [5, 5.41) is 2.61. The highest BCUT2D eigenvalue weighted by Crippen LogP contribution is 2.52. The fourth-order valence-corrected chi connectivity index (χ4v) is 7.79. The van der Waals surface area contributed by atoms with Crippen LogP contribution in [0.3, 0.4) is 0 Å². The molecule has 0 saturated carbocycles. The summed E-state index contributed by atoms with van der Waals surface area (Å²) in [6.07, 6.45) is 3.88. The summed E-state index contributed by atoms with van der Waals surface area (Å²) in [4.78, 5) is 15.3. The number of aryl methyl sites for hydroxylation is 1. The number of piperidine rings is 1. The average Bonchev–Trinajstić information content (AvgIpc) is 3.29. The van der Waals surface area contributed by atoms with Crippen molar-refractivity contribution in [2.24, 2.45) is 11.8 Å². The number of hydrogen-bond donors (Lipinski definition) is 0. The van der Waals surface area contributed by atoms with Gasteiger partial charge in [0, 0.05) is 18.5 Å². The normalized spacial score (nSPS) is 21.5. The van der Waals surface area contributed by atoms with Crippen molar-refractivity contribution in [1.29, 1.82) is 0 Å². The highest BCUT2D eigenvalue weighted by Gasteiger charge is 2.46. The molecular weight excluding hydrogens is 522 g/mol. The lowest BCUT2D eigenvalue weighted by Gasteiger charge is -2.39. The summed E-state index contributed by atoms with van der Waals surface area (Å²) in [5.41, 5.74) is 4.68. The Hall–Kier alpha value is -3.21. The van der Waals surface area contributed by atoms with E-state index in [1.54, 1.807) is 0 Å². The lowest BCUT2D eigenvalue weighted by Crippen LogP contribution is -2.43. The quantitative estimate of drug-likeness (QED) is 0.168. The lowest BCUT2D eigenvalue weighted by molar-refractivity contribution is 0.138. The maximum atomic E-state index is 13.2. The van der Waals surface area contributed by atoms with Gasteiger partial charge in [-0.2, -0.15) is 0 Å². The number of carbonyl (C=O) groups excluding carboxylic acids is 1. The zero-order valence-electron chi connectivity index (χ0n) is 22.1. The van der Waals surface area contributed by atoms with Gasteiger partial charge in [-0.15, -0.1) is 18.2 Å². The first-order chi connectivity index (χ1) is 19.0. The molecule has 2 aliphatic rings. The number of rotatable bonds is 7. The molecule has 0 aliphatic carbocycles. The molecule has 0 radical (unpaired) electrons. The Labute approximate surface area is 239 Å². The summed E-state index contributed by atoms with van der Waals surface area (Å²) in [6, 6.07) is 29.5. The minimum absolute atomic E-state index is 0.00382. The minimum atomic E-state index is 0.00382. The Morgan fingerprint density at radius 2 is 1.82 bits per heavy atom.